The van der Waals surface area contributed by atoms with E-state index in [0.717, 1.165) is 35.9 Å². The molecule has 3 aromatic rings. The Labute approximate surface area is 200 Å². The van der Waals surface area contributed by atoms with Crippen LogP contribution in [0.25, 0.3) is 11.4 Å². The molecule has 0 fully saturated rings. The van der Waals surface area contributed by atoms with Gasteiger partial charge in [-0.2, -0.15) is 0 Å². The first-order valence-electron chi connectivity index (χ1n) is 11.7. The SMILES string of the molecule is CNC(=O)C(CNC(=O)c1nc(-c2ccccc2)n2c1CN(Cc1ccco1)CC2)C(C)(C)C. The Morgan fingerprint density at radius 1 is 1.12 bits per heavy atom. The summed E-state index contributed by atoms with van der Waals surface area (Å²) in [4.78, 5) is 32.9. The molecule has 1 unspecified atom stereocenters. The van der Waals surface area contributed by atoms with Gasteiger partial charge in [0.05, 0.1) is 24.4 Å². The summed E-state index contributed by atoms with van der Waals surface area (Å²) >= 11 is 0. The molecule has 8 nitrogen and oxygen atoms in total. The van der Waals surface area contributed by atoms with Gasteiger partial charge in [0.15, 0.2) is 5.69 Å². The summed E-state index contributed by atoms with van der Waals surface area (Å²) in [5, 5.41) is 5.70. The molecule has 180 valence electrons. The third-order valence-corrected chi connectivity index (χ3v) is 6.37. The maximum absolute atomic E-state index is 13.4. The second-order valence-electron chi connectivity index (χ2n) is 9.78. The number of furan rings is 1. The van der Waals surface area contributed by atoms with E-state index >= 15 is 0 Å². The number of amides is 2. The highest BCUT2D eigenvalue weighted by Crippen LogP contribution is 2.28. The second kappa shape index (κ2) is 9.85. The van der Waals surface area contributed by atoms with E-state index < -0.39 is 0 Å². The minimum absolute atomic E-state index is 0.0886. The van der Waals surface area contributed by atoms with E-state index in [1.807, 2.05) is 63.2 Å². The molecule has 0 saturated heterocycles. The number of aromatic nitrogens is 2. The molecule has 34 heavy (non-hydrogen) atoms. The molecule has 0 radical (unpaired) electrons. The number of benzene rings is 1. The van der Waals surface area contributed by atoms with Crippen LogP contribution in [0.15, 0.2) is 53.1 Å². The summed E-state index contributed by atoms with van der Waals surface area (Å²) in [6.45, 7) is 9.04. The zero-order valence-corrected chi connectivity index (χ0v) is 20.3. The van der Waals surface area contributed by atoms with Crippen molar-refractivity contribution in [2.24, 2.45) is 11.3 Å². The molecule has 1 atom stereocenters. The fourth-order valence-electron chi connectivity index (χ4n) is 4.41. The molecule has 8 heteroatoms. The van der Waals surface area contributed by atoms with Crippen molar-refractivity contribution in [1.82, 2.24) is 25.1 Å². The largest absolute Gasteiger partial charge is 0.468 e. The van der Waals surface area contributed by atoms with Gasteiger partial charge in [0.1, 0.15) is 11.6 Å². The Hall–Kier alpha value is -3.39. The summed E-state index contributed by atoms with van der Waals surface area (Å²) in [5.41, 5.74) is 1.96. The monoisotopic (exact) mass is 463 g/mol. The number of hydrogen-bond acceptors (Lipinski definition) is 5. The smallest absolute Gasteiger partial charge is 0.271 e. The number of nitrogens with zero attached hydrogens (tertiary/aromatic N) is 3. The average Bonchev–Trinajstić information content (AvgIpc) is 3.46. The third-order valence-electron chi connectivity index (χ3n) is 6.37. The van der Waals surface area contributed by atoms with Crippen molar-refractivity contribution in [3.05, 3.63) is 65.9 Å². The summed E-state index contributed by atoms with van der Waals surface area (Å²) < 4.78 is 7.67. The maximum Gasteiger partial charge on any atom is 0.271 e. The number of imidazole rings is 1. The van der Waals surface area contributed by atoms with Crippen LogP contribution in [0.5, 0.6) is 0 Å². The number of nitrogens with one attached hydrogen (secondary N) is 2. The van der Waals surface area contributed by atoms with Crippen LogP contribution in [0.3, 0.4) is 0 Å². The molecule has 2 aromatic heterocycles. The number of carbonyl (C=O) groups excluding carboxylic acids is 2. The van der Waals surface area contributed by atoms with Gasteiger partial charge in [0.25, 0.3) is 5.91 Å². The molecule has 1 aliphatic heterocycles. The van der Waals surface area contributed by atoms with Crippen molar-refractivity contribution >= 4 is 11.8 Å². The lowest BCUT2D eigenvalue weighted by molar-refractivity contribution is -0.127. The molecule has 1 aromatic carbocycles. The predicted molar refractivity (Wildman–Crippen MR) is 130 cm³/mol. The maximum atomic E-state index is 13.4. The average molecular weight is 464 g/mol. The lowest BCUT2D eigenvalue weighted by Crippen LogP contribution is -2.44. The van der Waals surface area contributed by atoms with E-state index in [-0.39, 0.29) is 29.7 Å². The van der Waals surface area contributed by atoms with Crippen LogP contribution in [-0.2, 0) is 24.4 Å². The summed E-state index contributed by atoms with van der Waals surface area (Å²) in [6.07, 6.45) is 1.67. The van der Waals surface area contributed by atoms with E-state index in [0.29, 0.717) is 18.8 Å². The lowest BCUT2D eigenvalue weighted by atomic mass is 9.80. The van der Waals surface area contributed by atoms with E-state index in [1.165, 1.54) is 0 Å². The minimum Gasteiger partial charge on any atom is -0.468 e. The number of hydrogen-bond donors (Lipinski definition) is 2. The van der Waals surface area contributed by atoms with Gasteiger partial charge in [-0.3, -0.25) is 14.5 Å². The Kier molecular flexibility index (Phi) is 6.88. The van der Waals surface area contributed by atoms with Gasteiger partial charge in [-0.15, -0.1) is 0 Å². The van der Waals surface area contributed by atoms with E-state index in [1.54, 1.807) is 13.3 Å². The van der Waals surface area contributed by atoms with Gasteiger partial charge in [0, 0.05) is 38.8 Å². The van der Waals surface area contributed by atoms with Crippen LogP contribution in [-0.4, -0.2) is 46.4 Å². The zero-order valence-electron chi connectivity index (χ0n) is 20.3. The van der Waals surface area contributed by atoms with Crippen LogP contribution in [0.1, 0.15) is 42.7 Å². The topological polar surface area (TPSA) is 92.4 Å². The van der Waals surface area contributed by atoms with Crippen molar-refractivity contribution in [3.63, 3.8) is 0 Å². The van der Waals surface area contributed by atoms with E-state index in [9.17, 15) is 9.59 Å². The van der Waals surface area contributed by atoms with Crippen LogP contribution in [0.2, 0.25) is 0 Å². The van der Waals surface area contributed by atoms with Crippen LogP contribution in [0.4, 0.5) is 0 Å². The molecule has 2 N–H and O–H groups in total. The summed E-state index contributed by atoms with van der Waals surface area (Å²) in [6, 6.07) is 13.8. The van der Waals surface area contributed by atoms with Gasteiger partial charge < -0.3 is 19.6 Å². The van der Waals surface area contributed by atoms with E-state index in [4.69, 9.17) is 9.40 Å². The molecular weight excluding hydrogens is 430 g/mol. The summed E-state index contributed by atoms with van der Waals surface area (Å²) in [5.74, 6) is 0.972. The highest BCUT2D eigenvalue weighted by Gasteiger charge is 2.33. The van der Waals surface area contributed by atoms with Crippen LogP contribution < -0.4 is 10.6 Å². The fourth-order valence-corrected chi connectivity index (χ4v) is 4.41. The lowest BCUT2D eigenvalue weighted by Gasteiger charge is -2.30. The van der Waals surface area contributed by atoms with Gasteiger partial charge in [-0.25, -0.2) is 4.98 Å². The zero-order chi connectivity index (χ0) is 24.3. The van der Waals surface area contributed by atoms with Crippen molar-refractivity contribution in [3.8, 4) is 11.4 Å². The highest BCUT2D eigenvalue weighted by molar-refractivity contribution is 5.94. The van der Waals surface area contributed by atoms with Crippen molar-refractivity contribution in [1.29, 1.82) is 0 Å². The van der Waals surface area contributed by atoms with Gasteiger partial charge >= 0.3 is 0 Å². The highest BCUT2D eigenvalue weighted by atomic mass is 16.3. The number of fused-ring (bicyclic) bond motifs is 1. The molecule has 4 rings (SSSR count). The Bertz CT molecular complexity index is 1130. The van der Waals surface area contributed by atoms with Crippen LogP contribution in [0, 0.1) is 11.3 Å². The molecule has 0 aliphatic carbocycles. The fraction of sp³-hybridized carbons (Fsp3) is 0.423. The van der Waals surface area contributed by atoms with Gasteiger partial charge in [-0.1, -0.05) is 51.1 Å². The first-order valence-corrected chi connectivity index (χ1v) is 11.7. The van der Waals surface area contributed by atoms with Gasteiger partial charge in [-0.05, 0) is 17.5 Å². The van der Waals surface area contributed by atoms with Crippen molar-refractivity contribution in [2.45, 2.75) is 40.4 Å². The quantitative estimate of drug-likeness (QED) is 0.561. The van der Waals surface area contributed by atoms with Crippen molar-refractivity contribution in [2.75, 3.05) is 20.1 Å². The second-order valence-corrected chi connectivity index (χ2v) is 9.78. The molecule has 0 saturated carbocycles. The van der Waals surface area contributed by atoms with Crippen LogP contribution >= 0.6 is 0 Å². The third kappa shape index (κ3) is 5.07. The molecule has 0 bridgehead atoms. The number of carbonyl (C=O) groups is 2. The normalized spacial score (nSPS) is 14.9. The molecule has 2 amide bonds. The summed E-state index contributed by atoms with van der Waals surface area (Å²) in [7, 11) is 1.62. The molecular formula is C26H33N5O3. The molecule has 3 heterocycles. The first kappa shape index (κ1) is 23.8. The Balaban J connectivity index is 1.61. The Morgan fingerprint density at radius 3 is 2.53 bits per heavy atom. The minimum atomic E-state index is -0.357. The predicted octanol–water partition coefficient (Wildman–Crippen LogP) is 3.30. The molecule has 1 aliphatic rings. The molecule has 0 spiro atoms. The first-order chi connectivity index (χ1) is 16.3. The van der Waals surface area contributed by atoms with E-state index in [2.05, 4.69) is 20.1 Å². The number of rotatable bonds is 7. The standard InChI is InChI=1S/C26H33N5O3/c1-26(2,3)20(24(32)27-4)15-28-25(33)22-21-17-30(16-19-11-8-14-34-19)12-13-31(21)23(29-22)18-9-6-5-7-10-18/h5-11,14,20H,12-13,15-17H2,1-4H3,(H,27,32)(H,28,33). The van der Waals surface area contributed by atoms with Crippen molar-refractivity contribution < 1.29 is 14.0 Å². The van der Waals surface area contributed by atoms with Gasteiger partial charge in [0.2, 0.25) is 5.91 Å². The Morgan fingerprint density at radius 2 is 1.88 bits per heavy atom.